The van der Waals surface area contributed by atoms with Crippen LogP contribution >= 0.6 is 15.9 Å². The molecular formula is C14H22BrN3O. The monoisotopic (exact) mass is 327 g/mol. The lowest BCUT2D eigenvalue weighted by atomic mass is 9.79. The van der Waals surface area contributed by atoms with Gasteiger partial charge in [-0.1, -0.05) is 0 Å². The van der Waals surface area contributed by atoms with Gasteiger partial charge in [0.25, 0.3) is 0 Å². The molecule has 0 unspecified atom stereocenters. The average Bonchev–Trinajstić information content (AvgIpc) is 2.42. The minimum atomic E-state index is 0.225. The third-order valence-electron chi connectivity index (χ3n) is 3.81. The summed E-state index contributed by atoms with van der Waals surface area (Å²) in [7, 11) is 1.78. The summed E-state index contributed by atoms with van der Waals surface area (Å²) in [5.74, 6) is 0.940. The van der Waals surface area contributed by atoms with Crippen LogP contribution in [0.2, 0.25) is 0 Å². The Morgan fingerprint density at radius 2 is 2.21 bits per heavy atom. The van der Waals surface area contributed by atoms with Gasteiger partial charge in [0, 0.05) is 29.7 Å². The number of hydrogen-bond acceptors (Lipinski definition) is 4. The Bertz CT molecular complexity index is 414. The fraction of sp³-hybridized carbons (Fsp3) is 0.643. The summed E-state index contributed by atoms with van der Waals surface area (Å²) in [5.41, 5.74) is 1.42. The van der Waals surface area contributed by atoms with Crippen molar-refractivity contribution in [1.29, 1.82) is 0 Å². The van der Waals surface area contributed by atoms with E-state index in [-0.39, 0.29) is 5.41 Å². The van der Waals surface area contributed by atoms with Gasteiger partial charge in [0.1, 0.15) is 5.82 Å². The first-order valence-corrected chi connectivity index (χ1v) is 7.50. The van der Waals surface area contributed by atoms with E-state index in [0.29, 0.717) is 0 Å². The van der Waals surface area contributed by atoms with Crippen molar-refractivity contribution in [2.75, 3.05) is 38.7 Å². The Balaban J connectivity index is 1.99. The van der Waals surface area contributed by atoms with Crippen LogP contribution < -0.4 is 10.6 Å². The van der Waals surface area contributed by atoms with Gasteiger partial charge in [0.15, 0.2) is 0 Å². The number of ether oxygens (including phenoxy) is 1. The van der Waals surface area contributed by atoms with Crippen LogP contribution in [0.1, 0.15) is 18.4 Å². The molecule has 0 aromatic carbocycles. The van der Waals surface area contributed by atoms with E-state index in [4.69, 9.17) is 4.74 Å². The van der Waals surface area contributed by atoms with Crippen molar-refractivity contribution in [3.8, 4) is 0 Å². The Hall–Kier alpha value is -0.650. The summed E-state index contributed by atoms with van der Waals surface area (Å²) >= 11 is 3.47. The summed E-state index contributed by atoms with van der Waals surface area (Å²) < 4.78 is 6.47. The zero-order valence-electron chi connectivity index (χ0n) is 11.6. The maximum Gasteiger partial charge on any atom is 0.126 e. The molecule has 1 aliphatic heterocycles. The largest absolute Gasteiger partial charge is 0.384 e. The first kappa shape index (κ1) is 14.8. The van der Waals surface area contributed by atoms with E-state index in [9.17, 15) is 0 Å². The van der Waals surface area contributed by atoms with E-state index in [0.717, 1.165) is 49.4 Å². The number of pyridine rings is 1. The highest BCUT2D eigenvalue weighted by molar-refractivity contribution is 9.10. The number of methoxy groups -OCH3 is 1. The number of anilines is 1. The molecule has 19 heavy (non-hydrogen) atoms. The molecule has 106 valence electrons. The molecule has 1 aromatic heterocycles. The number of aryl methyl sites for hydroxylation is 1. The normalized spacial score (nSPS) is 18.3. The van der Waals surface area contributed by atoms with E-state index in [2.05, 4.69) is 44.5 Å². The van der Waals surface area contributed by atoms with Gasteiger partial charge in [-0.05, 0) is 60.4 Å². The predicted octanol–water partition coefficient (Wildman–Crippen LogP) is 2.58. The highest BCUT2D eigenvalue weighted by Crippen LogP contribution is 2.29. The van der Waals surface area contributed by atoms with Gasteiger partial charge in [0.05, 0.1) is 6.61 Å². The van der Waals surface area contributed by atoms with E-state index >= 15 is 0 Å². The van der Waals surface area contributed by atoms with Crippen molar-refractivity contribution in [1.82, 2.24) is 10.3 Å². The number of nitrogens with zero attached hydrogens (tertiary/aromatic N) is 1. The molecule has 1 aliphatic rings. The van der Waals surface area contributed by atoms with Crippen molar-refractivity contribution < 1.29 is 4.74 Å². The van der Waals surface area contributed by atoms with Gasteiger partial charge < -0.3 is 15.4 Å². The minimum Gasteiger partial charge on any atom is -0.384 e. The van der Waals surface area contributed by atoms with Crippen molar-refractivity contribution in [3.63, 3.8) is 0 Å². The second-order valence-electron chi connectivity index (χ2n) is 5.36. The van der Waals surface area contributed by atoms with Gasteiger partial charge in [-0.15, -0.1) is 0 Å². The molecule has 4 nitrogen and oxygen atoms in total. The summed E-state index contributed by atoms with van der Waals surface area (Å²) in [4.78, 5) is 4.40. The molecular weight excluding hydrogens is 306 g/mol. The van der Waals surface area contributed by atoms with Gasteiger partial charge in [-0.25, -0.2) is 4.98 Å². The predicted molar refractivity (Wildman–Crippen MR) is 81.6 cm³/mol. The summed E-state index contributed by atoms with van der Waals surface area (Å²) in [6.45, 7) is 5.93. The van der Waals surface area contributed by atoms with Crippen molar-refractivity contribution in [3.05, 3.63) is 22.3 Å². The summed E-state index contributed by atoms with van der Waals surface area (Å²) in [6, 6.07) is 2.08. The van der Waals surface area contributed by atoms with Gasteiger partial charge in [-0.3, -0.25) is 0 Å². The van der Waals surface area contributed by atoms with Crippen LogP contribution in [0.15, 0.2) is 16.7 Å². The second kappa shape index (κ2) is 6.68. The average molecular weight is 328 g/mol. The molecule has 1 fully saturated rings. The second-order valence-corrected chi connectivity index (χ2v) is 6.21. The van der Waals surface area contributed by atoms with Crippen molar-refractivity contribution in [2.45, 2.75) is 19.8 Å². The zero-order valence-corrected chi connectivity index (χ0v) is 13.2. The lowest BCUT2D eigenvalue weighted by molar-refractivity contribution is 0.0635. The number of rotatable bonds is 5. The molecule has 1 aromatic rings. The van der Waals surface area contributed by atoms with Crippen molar-refractivity contribution in [2.24, 2.45) is 5.41 Å². The Kier molecular flexibility index (Phi) is 5.19. The fourth-order valence-corrected chi connectivity index (χ4v) is 2.77. The van der Waals surface area contributed by atoms with Gasteiger partial charge in [0.2, 0.25) is 0 Å². The van der Waals surface area contributed by atoms with E-state index in [1.807, 2.05) is 6.20 Å². The first-order chi connectivity index (χ1) is 9.15. The summed E-state index contributed by atoms with van der Waals surface area (Å²) in [5, 5.41) is 6.88. The molecule has 2 rings (SSSR count). The number of piperidine rings is 1. The number of hydrogen-bond donors (Lipinski definition) is 2. The number of aromatic nitrogens is 1. The Morgan fingerprint density at radius 1 is 1.47 bits per heavy atom. The lowest BCUT2D eigenvalue weighted by Gasteiger charge is -2.37. The molecule has 0 amide bonds. The molecule has 2 heterocycles. The topological polar surface area (TPSA) is 46.2 Å². The molecule has 1 saturated heterocycles. The number of nitrogens with one attached hydrogen (secondary N) is 2. The molecule has 0 bridgehead atoms. The standard InChI is InChI=1S/C14H22BrN3O/c1-11-7-13(17-8-12(11)15)18-9-14(10-19-2)3-5-16-6-4-14/h7-8,16H,3-6,9-10H2,1-2H3,(H,17,18). The molecule has 0 atom stereocenters. The van der Waals surface area contributed by atoms with Crippen LogP contribution in [0.3, 0.4) is 0 Å². The van der Waals surface area contributed by atoms with E-state index in [1.165, 1.54) is 5.56 Å². The zero-order chi connectivity index (χ0) is 13.7. The van der Waals surface area contributed by atoms with Crippen LogP contribution in [0, 0.1) is 12.3 Å². The summed E-state index contributed by atoms with van der Waals surface area (Å²) in [6.07, 6.45) is 4.13. The van der Waals surface area contributed by atoms with Gasteiger partial charge >= 0.3 is 0 Å². The van der Waals surface area contributed by atoms with Crippen LogP contribution in [-0.4, -0.2) is 38.3 Å². The third kappa shape index (κ3) is 3.91. The van der Waals surface area contributed by atoms with Crippen LogP contribution in [-0.2, 0) is 4.74 Å². The van der Waals surface area contributed by atoms with Gasteiger partial charge in [-0.2, -0.15) is 0 Å². The molecule has 5 heteroatoms. The van der Waals surface area contributed by atoms with Crippen LogP contribution in [0.4, 0.5) is 5.82 Å². The maximum absolute atomic E-state index is 5.42. The Labute approximate surface area is 123 Å². The fourth-order valence-electron chi connectivity index (χ4n) is 2.55. The molecule has 0 radical (unpaired) electrons. The minimum absolute atomic E-state index is 0.225. The first-order valence-electron chi connectivity index (χ1n) is 6.71. The molecule has 0 saturated carbocycles. The third-order valence-corrected chi connectivity index (χ3v) is 4.64. The van der Waals surface area contributed by atoms with Crippen LogP contribution in [0.25, 0.3) is 0 Å². The number of halogens is 1. The van der Waals surface area contributed by atoms with E-state index in [1.54, 1.807) is 7.11 Å². The van der Waals surface area contributed by atoms with Crippen LogP contribution in [0.5, 0.6) is 0 Å². The molecule has 0 spiro atoms. The van der Waals surface area contributed by atoms with E-state index < -0.39 is 0 Å². The Morgan fingerprint density at radius 3 is 2.84 bits per heavy atom. The lowest BCUT2D eigenvalue weighted by Crippen LogP contribution is -2.44. The quantitative estimate of drug-likeness (QED) is 0.872. The highest BCUT2D eigenvalue weighted by atomic mass is 79.9. The SMILES string of the molecule is COCC1(CNc2cc(C)c(Br)cn2)CCNCC1. The molecule has 0 aliphatic carbocycles. The van der Waals surface area contributed by atoms with Crippen molar-refractivity contribution >= 4 is 21.7 Å². The highest BCUT2D eigenvalue weighted by Gasteiger charge is 2.31. The molecule has 2 N–H and O–H groups in total. The maximum atomic E-state index is 5.42. The smallest absolute Gasteiger partial charge is 0.126 e.